The van der Waals surface area contributed by atoms with E-state index < -0.39 is 6.04 Å². The van der Waals surface area contributed by atoms with E-state index in [1.54, 1.807) is 24.3 Å². The molecule has 0 aliphatic carbocycles. The number of carbonyl (C=O) groups excluding carboxylic acids is 2. The van der Waals surface area contributed by atoms with Gasteiger partial charge in [-0.1, -0.05) is 30.3 Å². The second-order valence-electron chi connectivity index (χ2n) is 7.27. The minimum Gasteiger partial charge on any atom is -0.508 e. The van der Waals surface area contributed by atoms with Crippen molar-refractivity contribution in [2.24, 2.45) is 5.73 Å². The molecule has 1 heterocycles. The van der Waals surface area contributed by atoms with Crippen molar-refractivity contribution in [2.75, 3.05) is 11.9 Å². The lowest BCUT2D eigenvalue weighted by molar-refractivity contribution is -0.129. The largest absolute Gasteiger partial charge is 0.508 e. The van der Waals surface area contributed by atoms with Gasteiger partial charge in [-0.15, -0.1) is 0 Å². The zero-order chi connectivity index (χ0) is 20.6. The van der Waals surface area contributed by atoms with E-state index in [2.05, 4.69) is 22.0 Å². The Balaban J connectivity index is 1.58. The molecule has 154 valence electrons. The minimum atomic E-state index is -0.637. The van der Waals surface area contributed by atoms with E-state index in [1.165, 1.54) is 5.56 Å². The maximum atomic E-state index is 12.8. The van der Waals surface area contributed by atoms with Crippen molar-refractivity contribution in [2.45, 2.75) is 44.3 Å². The molecule has 2 unspecified atom stereocenters. The van der Waals surface area contributed by atoms with E-state index in [0.29, 0.717) is 32.4 Å². The molecule has 0 aromatic heterocycles. The molecule has 3 rings (SSSR count). The number of nitrogens with one attached hydrogen (secondary N) is 3. The van der Waals surface area contributed by atoms with Crippen LogP contribution in [-0.4, -0.2) is 35.5 Å². The van der Waals surface area contributed by atoms with Crippen LogP contribution in [0.5, 0.6) is 5.75 Å². The monoisotopic (exact) mass is 396 g/mol. The first-order valence-corrected chi connectivity index (χ1v) is 9.97. The van der Waals surface area contributed by atoms with Gasteiger partial charge < -0.3 is 26.8 Å². The standard InChI is InChI=1S/C22H28N4O3/c23-13-3-6-19(21(28)24-14-15-7-10-17(27)11-8-15)26-22(29)20-12-9-16-4-1-2-5-18(16)25-20/h1-2,4-5,7-8,10-11,19-20,25,27H,3,6,9,12-14,23H2,(H,24,28)(H,26,29). The van der Waals surface area contributed by atoms with Gasteiger partial charge in [-0.25, -0.2) is 0 Å². The van der Waals surface area contributed by atoms with Crippen LogP contribution in [0.4, 0.5) is 5.69 Å². The number of nitrogens with two attached hydrogens (primary N) is 1. The number of hydrogen-bond donors (Lipinski definition) is 5. The number of phenolic OH excluding ortho intramolecular Hbond substituents is 1. The van der Waals surface area contributed by atoms with Crippen molar-refractivity contribution in [3.63, 3.8) is 0 Å². The van der Waals surface area contributed by atoms with Gasteiger partial charge in [-0.05, 0) is 61.6 Å². The average molecular weight is 396 g/mol. The van der Waals surface area contributed by atoms with Gasteiger partial charge in [0.05, 0.1) is 0 Å². The number of rotatable bonds is 8. The molecule has 2 aromatic carbocycles. The number of aromatic hydroxyl groups is 1. The van der Waals surface area contributed by atoms with E-state index in [1.807, 2.05) is 18.2 Å². The molecule has 7 nitrogen and oxygen atoms in total. The number of fused-ring (bicyclic) bond motifs is 1. The van der Waals surface area contributed by atoms with Crippen molar-refractivity contribution in [3.05, 3.63) is 59.7 Å². The summed E-state index contributed by atoms with van der Waals surface area (Å²) in [6.45, 7) is 0.774. The van der Waals surface area contributed by atoms with Gasteiger partial charge in [0, 0.05) is 12.2 Å². The number of carbonyl (C=O) groups is 2. The van der Waals surface area contributed by atoms with E-state index in [-0.39, 0.29) is 23.6 Å². The highest BCUT2D eigenvalue weighted by Gasteiger charge is 2.27. The lowest BCUT2D eigenvalue weighted by Crippen LogP contribution is -2.51. The van der Waals surface area contributed by atoms with E-state index in [9.17, 15) is 14.7 Å². The fourth-order valence-electron chi connectivity index (χ4n) is 3.42. The van der Waals surface area contributed by atoms with Crippen LogP contribution < -0.4 is 21.7 Å². The Morgan fingerprint density at radius 1 is 1.17 bits per heavy atom. The molecule has 2 aromatic rings. The number of aryl methyl sites for hydroxylation is 1. The molecule has 29 heavy (non-hydrogen) atoms. The highest BCUT2D eigenvalue weighted by Crippen LogP contribution is 2.24. The number of hydrogen-bond acceptors (Lipinski definition) is 5. The highest BCUT2D eigenvalue weighted by atomic mass is 16.3. The molecular formula is C22H28N4O3. The van der Waals surface area contributed by atoms with E-state index in [4.69, 9.17) is 5.73 Å². The maximum absolute atomic E-state index is 12.8. The number of anilines is 1. The zero-order valence-corrected chi connectivity index (χ0v) is 16.4. The summed E-state index contributed by atoms with van der Waals surface area (Å²) >= 11 is 0. The van der Waals surface area contributed by atoms with Gasteiger partial charge in [0.15, 0.2) is 0 Å². The molecule has 0 fully saturated rings. The summed E-state index contributed by atoms with van der Waals surface area (Å²) in [6, 6.07) is 13.6. The molecule has 0 spiro atoms. The molecule has 6 N–H and O–H groups in total. The van der Waals surface area contributed by atoms with Gasteiger partial charge in [-0.3, -0.25) is 9.59 Å². The van der Waals surface area contributed by atoms with Gasteiger partial charge in [0.2, 0.25) is 11.8 Å². The quantitative estimate of drug-likeness (QED) is 0.465. The smallest absolute Gasteiger partial charge is 0.243 e. The molecule has 2 atom stereocenters. The van der Waals surface area contributed by atoms with Crippen LogP contribution in [0.2, 0.25) is 0 Å². The van der Waals surface area contributed by atoms with Crippen molar-refractivity contribution in [1.82, 2.24) is 10.6 Å². The Hall–Kier alpha value is -3.06. The van der Waals surface area contributed by atoms with E-state index >= 15 is 0 Å². The van der Waals surface area contributed by atoms with Crippen LogP contribution in [0.1, 0.15) is 30.4 Å². The van der Waals surface area contributed by atoms with Crippen LogP contribution in [0.3, 0.4) is 0 Å². The van der Waals surface area contributed by atoms with Crippen molar-refractivity contribution in [1.29, 1.82) is 0 Å². The van der Waals surface area contributed by atoms with Crippen molar-refractivity contribution in [3.8, 4) is 5.75 Å². The average Bonchev–Trinajstić information content (AvgIpc) is 2.75. The molecule has 1 aliphatic rings. The molecule has 0 saturated carbocycles. The summed E-state index contributed by atoms with van der Waals surface area (Å²) in [6.07, 6.45) is 2.62. The predicted molar refractivity (Wildman–Crippen MR) is 112 cm³/mol. The topological polar surface area (TPSA) is 116 Å². The molecule has 1 aliphatic heterocycles. The second-order valence-corrected chi connectivity index (χ2v) is 7.27. The fraction of sp³-hybridized carbons (Fsp3) is 0.364. The van der Waals surface area contributed by atoms with Crippen LogP contribution >= 0.6 is 0 Å². The summed E-state index contributed by atoms with van der Waals surface area (Å²) < 4.78 is 0. The van der Waals surface area contributed by atoms with Gasteiger partial charge in [-0.2, -0.15) is 0 Å². The number of phenols is 1. The summed E-state index contributed by atoms with van der Waals surface area (Å²) in [5, 5.41) is 18.4. The number of benzene rings is 2. The minimum absolute atomic E-state index is 0.176. The number of amides is 2. The molecule has 7 heteroatoms. The van der Waals surface area contributed by atoms with Gasteiger partial charge in [0.25, 0.3) is 0 Å². The third-order valence-electron chi connectivity index (χ3n) is 5.10. The molecule has 0 radical (unpaired) electrons. The fourth-order valence-corrected chi connectivity index (χ4v) is 3.42. The maximum Gasteiger partial charge on any atom is 0.243 e. The number of para-hydroxylation sites is 1. The lowest BCUT2D eigenvalue weighted by atomic mass is 9.97. The van der Waals surface area contributed by atoms with Crippen LogP contribution in [0.15, 0.2) is 48.5 Å². The Kier molecular flexibility index (Phi) is 7.08. The zero-order valence-electron chi connectivity index (χ0n) is 16.4. The Morgan fingerprint density at radius 3 is 2.69 bits per heavy atom. The van der Waals surface area contributed by atoms with Crippen molar-refractivity contribution < 1.29 is 14.7 Å². The third-order valence-corrected chi connectivity index (χ3v) is 5.10. The van der Waals surface area contributed by atoms with Gasteiger partial charge in [0.1, 0.15) is 17.8 Å². The van der Waals surface area contributed by atoms with Crippen LogP contribution in [0.25, 0.3) is 0 Å². The summed E-state index contributed by atoms with van der Waals surface area (Å²) in [5.41, 5.74) is 8.63. The Bertz CT molecular complexity index is 838. The molecule has 0 saturated heterocycles. The van der Waals surface area contributed by atoms with E-state index in [0.717, 1.165) is 17.7 Å². The van der Waals surface area contributed by atoms with Crippen LogP contribution in [-0.2, 0) is 22.6 Å². The Labute approximate surface area is 170 Å². The summed E-state index contributed by atoms with van der Waals surface area (Å²) in [7, 11) is 0. The molecule has 2 amide bonds. The summed E-state index contributed by atoms with van der Waals surface area (Å²) in [5.74, 6) is -0.243. The van der Waals surface area contributed by atoms with Crippen molar-refractivity contribution >= 4 is 17.5 Å². The van der Waals surface area contributed by atoms with Crippen LogP contribution in [0, 0.1) is 0 Å². The lowest BCUT2D eigenvalue weighted by Gasteiger charge is -2.28. The predicted octanol–water partition coefficient (Wildman–Crippen LogP) is 1.66. The highest BCUT2D eigenvalue weighted by molar-refractivity contribution is 5.91. The molecular weight excluding hydrogens is 368 g/mol. The first kappa shape index (κ1) is 20.7. The second kappa shape index (κ2) is 9.93. The summed E-state index contributed by atoms with van der Waals surface area (Å²) in [4.78, 5) is 25.5. The van der Waals surface area contributed by atoms with Gasteiger partial charge >= 0.3 is 0 Å². The first-order valence-electron chi connectivity index (χ1n) is 9.97. The first-order chi connectivity index (χ1) is 14.1. The normalized spacial score (nSPS) is 16.2. The third kappa shape index (κ3) is 5.71. The Morgan fingerprint density at radius 2 is 1.93 bits per heavy atom. The molecule has 0 bridgehead atoms. The SMILES string of the molecule is NCCCC(NC(=O)C1CCc2ccccc2N1)C(=O)NCc1ccc(O)cc1.